The van der Waals surface area contributed by atoms with Crippen molar-refractivity contribution in [3.63, 3.8) is 0 Å². The maximum absolute atomic E-state index is 10.6. The highest BCUT2D eigenvalue weighted by molar-refractivity contribution is 5.34. The van der Waals surface area contributed by atoms with Crippen LogP contribution in [0.4, 0.5) is 0 Å². The molecule has 1 heterocycles. The van der Waals surface area contributed by atoms with E-state index in [4.69, 9.17) is 4.74 Å². The van der Waals surface area contributed by atoms with Crippen LogP contribution in [0.3, 0.4) is 0 Å². The molecule has 0 bridgehead atoms. The lowest BCUT2D eigenvalue weighted by Gasteiger charge is -2.19. The predicted molar refractivity (Wildman–Crippen MR) is 77.9 cm³/mol. The molecule has 1 aliphatic carbocycles. The van der Waals surface area contributed by atoms with Crippen molar-refractivity contribution in [3.05, 3.63) is 59.4 Å². The van der Waals surface area contributed by atoms with E-state index >= 15 is 0 Å². The Bertz CT molecular complexity index is 580. The Labute approximate surface area is 119 Å². The number of ether oxygens (including phenoxy) is 1. The highest BCUT2D eigenvalue weighted by atomic mass is 16.5. The molecule has 1 N–H and O–H groups in total. The van der Waals surface area contributed by atoms with Gasteiger partial charge in [-0.05, 0) is 49.1 Å². The van der Waals surface area contributed by atoms with Gasteiger partial charge in [0.05, 0.1) is 12.7 Å². The molecule has 3 nitrogen and oxygen atoms in total. The first kappa shape index (κ1) is 13.1. The third-order valence-corrected chi connectivity index (χ3v) is 3.92. The van der Waals surface area contributed by atoms with Crippen LogP contribution in [0, 0.1) is 0 Å². The third-order valence-electron chi connectivity index (χ3n) is 3.92. The molecule has 1 aliphatic rings. The summed E-state index contributed by atoms with van der Waals surface area (Å²) < 4.78 is 5.43. The van der Waals surface area contributed by atoms with E-state index in [2.05, 4.69) is 11.1 Å². The summed E-state index contributed by atoms with van der Waals surface area (Å²) in [6, 6.07) is 11.8. The first-order chi connectivity index (χ1) is 9.79. The summed E-state index contributed by atoms with van der Waals surface area (Å²) in [5.74, 6) is 0.942. The van der Waals surface area contributed by atoms with E-state index in [9.17, 15) is 5.11 Å². The molecule has 104 valence electrons. The van der Waals surface area contributed by atoms with Crippen molar-refractivity contribution in [2.24, 2.45) is 0 Å². The molecule has 0 saturated heterocycles. The summed E-state index contributed by atoms with van der Waals surface area (Å²) in [5, 5.41) is 10.6. The van der Waals surface area contributed by atoms with E-state index in [1.54, 1.807) is 0 Å². The highest BCUT2D eigenvalue weighted by Crippen LogP contribution is 2.40. The molecular formula is C17H19NO2. The summed E-state index contributed by atoms with van der Waals surface area (Å²) in [5.41, 5.74) is 3.24. The number of aliphatic hydroxyl groups excluding tert-OH is 1. The topological polar surface area (TPSA) is 42.4 Å². The van der Waals surface area contributed by atoms with Gasteiger partial charge in [-0.15, -0.1) is 0 Å². The first-order valence-electron chi connectivity index (χ1n) is 7.14. The number of aliphatic hydroxyl groups is 1. The molecule has 2 aromatic rings. The van der Waals surface area contributed by atoms with Gasteiger partial charge in [0.15, 0.2) is 0 Å². The fourth-order valence-electron chi connectivity index (χ4n) is 2.91. The Kier molecular flexibility index (Phi) is 3.70. The van der Waals surface area contributed by atoms with Gasteiger partial charge >= 0.3 is 0 Å². The van der Waals surface area contributed by atoms with E-state index in [-0.39, 0.29) is 5.92 Å². The van der Waals surface area contributed by atoms with E-state index in [0.717, 1.165) is 29.8 Å². The molecule has 2 unspecified atom stereocenters. The molecule has 0 saturated carbocycles. The van der Waals surface area contributed by atoms with E-state index in [0.29, 0.717) is 6.61 Å². The number of pyridine rings is 1. The van der Waals surface area contributed by atoms with Crippen molar-refractivity contribution < 1.29 is 9.84 Å². The molecule has 0 spiro atoms. The van der Waals surface area contributed by atoms with Crippen molar-refractivity contribution in [2.45, 2.75) is 31.8 Å². The van der Waals surface area contributed by atoms with Crippen LogP contribution in [0.15, 0.2) is 42.6 Å². The molecular weight excluding hydrogens is 250 g/mol. The van der Waals surface area contributed by atoms with E-state index in [1.165, 1.54) is 5.56 Å². The fraction of sp³-hybridized carbons (Fsp3) is 0.353. The number of hydrogen-bond donors (Lipinski definition) is 1. The zero-order valence-corrected chi connectivity index (χ0v) is 11.6. The van der Waals surface area contributed by atoms with Crippen molar-refractivity contribution in [1.29, 1.82) is 0 Å². The minimum Gasteiger partial charge on any atom is -0.494 e. The SMILES string of the molecule is CCOc1ccc(C(O)C2CCc3cccnc32)cc1. The standard InChI is InChI=1S/C17H19NO2/c1-2-20-14-8-5-13(6-9-14)17(19)15-10-7-12-4-3-11-18-16(12)15/h3-6,8-9,11,15,17,19H,2,7,10H2,1H3. The van der Waals surface area contributed by atoms with E-state index < -0.39 is 6.10 Å². The van der Waals surface area contributed by atoms with Crippen molar-refractivity contribution in [1.82, 2.24) is 4.98 Å². The Hall–Kier alpha value is -1.87. The van der Waals surface area contributed by atoms with Crippen LogP contribution >= 0.6 is 0 Å². The van der Waals surface area contributed by atoms with Crippen LogP contribution in [0.5, 0.6) is 5.75 Å². The Morgan fingerprint density at radius 2 is 2.10 bits per heavy atom. The van der Waals surface area contributed by atoms with Gasteiger partial charge in [0.1, 0.15) is 5.75 Å². The van der Waals surface area contributed by atoms with E-state index in [1.807, 2.05) is 43.5 Å². The molecule has 0 radical (unpaired) electrons. The number of rotatable bonds is 4. The number of hydrogen-bond acceptors (Lipinski definition) is 3. The Balaban J connectivity index is 1.81. The second kappa shape index (κ2) is 5.63. The number of fused-ring (bicyclic) bond motifs is 1. The van der Waals surface area contributed by atoms with Gasteiger partial charge in [-0.25, -0.2) is 0 Å². The van der Waals surface area contributed by atoms with Crippen LogP contribution < -0.4 is 4.74 Å². The quantitative estimate of drug-likeness (QED) is 0.926. The maximum atomic E-state index is 10.6. The van der Waals surface area contributed by atoms with Crippen molar-refractivity contribution in [3.8, 4) is 5.75 Å². The predicted octanol–water partition coefficient (Wildman–Crippen LogP) is 3.24. The fourth-order valence-corrected chi connectivity index (χ4v) is 2.91. The van der Waals surface area contributed by atoms with Crippen LogP contribution in [-0.4, -0.2) is 16.7 Å². The van der Waals surface area contributed by atoms with Gasteiger partial charge < -0.3 is 9.84 Å². The zero-order valence-electron chi connectivity index (χ0n) is 11.6. The molecule has 3 heteroatoms. The second-order valence-corrected chi connectivity index (χ2v) is 5.14. The summed E-state index contributed by atoms with van der Waals surface area (Å²) in [6.07, 6.45) is 3.27. The van der Waals surface area contributed by atoms with Gasteiger partial charge in [-0.2, -0.15) is 0 Å². The van der Waals surface area contributed by atoms with Crippen LogP contribution in [0.2, 0.25) is 0 Å². The number of benzene rings is 1. The number of nitrogens with zero attached hydrogens (tertiary/aromatic N) is 1. The Morgan fingerprint density at radius 3 is 2.85 bits per heavy atom. The molecule has 1 aromatic carbocycles. The molecule has 20 heavy (non-hydrogen) atoms. The molecule has 3 rings (SSSR count). The summed E-state index contributed by atoms with van der Waals surface area (Å²) in [7, 11) is 0. The maximum Gasteiger partial charge on any atom is 0.119 e. The molecule has 0 amide bonds. The van der Waals surface area contributed by atoms with Gasteiger partial charge in [-0.3, -0.25) is 4.98 Å². The largest absolute Gasteiger partial charge is 0.494 e. The molecule has 2 atom stereocenters. The number of aromatic nitrogens is 1. The highest BCUT2D eigenvalue weighted by Gasteiger charge is 2.30. The molecule has 0 aliphatic heterocycles. The minimum absolute atomic E-state index is 0.101. The minimum atomic E-state index is -0.498. The molecule has 1 aromatic heterocycles. The lowest BCUT2D eigenvalue weighted by atomic mass is 9.93. The number of aryl methyl sites for hydroxylation is 1. The van der Waals surface area contributed by atoms with Gasteiger partial charge in [0.2, 0.25) is 0 Å². The summed E-state index contributed by atoms with van der Waals surface area (Å²) in [6.45, 7) is 2.62. The first-order valence-corrected chi connectivity index (χ1v) is 7.14. The van der Waals surface area contributed by atoms with Gasteiger partial charge in [0, 0.05) is 17.8 Å². The zero-order chi connectivity index (χ0) is 13.9. The normalized spacial score (nSPS) is 18.6. The van der Waals surface area contributed by atoms with Gasteiger partial charge in [-0.1, -0.05) is 18.2 Å². The lowest BCUT2D eigenvalue weighted by molar-refractivity contribution is 0.143. The summed E-state index contributed by atoms with van der Waals surface area (Å²) >= 11 is 0. The smallest absolute Gasteiger partial charge is 0.119 e. The second-order valence-electron chi connectivity index (χ2n) is 5.14. The van der Waals surface area contributed by atoms with Crippen molar-refractivity contribution in [2.75, 3.05) is 6.61 Å². The molecule has 0 fully saturated rings. The average Bonchev–Trinajstić information content (AvgIpc) is 2.92. The van der Waals surface area contributed by atoms with Crippen LogP contribution in [-0.2, 0) is 6.42 Å². The third kappa shape index (κ3) is 2.41. The Morgan fingerprint density at radius 1 is 1.30 bits per heavy atom. The van der Waals surface area contributed by atoms with Crippen molar-refractivity contribution >= 4 is 0 Å². The van der Waals surface area contributed by atoms with Gasteiger partial charge in [0.25, 0.3) is 0 Å². The monoisotopic (exact) mass is 269 g/mol. The van der Waals surface area contributed by atoms with Crippen LogP contribution in [0.25, 0.3) is 0 Å². The summed E-state index contributed by atoms with van der Waals surface area (Å²) in [4.78, 5) is 4.45. The average molecular weight is 269 g/mol. The lowest BCUT2D eigenvalue weighted by Crippen LogP contribution is -2.09. The van der Waals surface area contributed by atoms with Crippen LogP contribution in [0.1, 0.15) is 42.2 Å².